The molecule has 0 amide bonds. The summed E-state index contributed by atoms with van der Waals surface area (Å²) in [6.07, 6.45) is 1.77. The van der Waals surface area contributed by atoms with Crippen LogP contribution < -0.4 is 0 Å². The second kappa shape index (κ2) is 4.53. The van der Waals surface area contributed by atoms with Gasteiger partial charge in [0.05, 0.1) is 28.7 Å². The fourth-order valence-corrected chi connectivity index (χ4v) is 2.14. The largest absolute Gasteiger partial charge is 0.274 e. The number of hydrogen-bond acceptors (Lipinski definition) is 3. The highest BCUT2D eigenvalue weighted by atomic mass is 16.6. The first kappa shape index (κ1) is 11.4. The van der Waals surface area contributed by atoms with Crippen molar-refractivity contribution < 1.29 is 4.92 Å². The Balaban J connectivity index is 2.04. The lowest BCUT2D eigenvalue weighted by Gasteiger charge is -2.04. The second-order valence-corrected chi connectivity index (χ2v) is 4.25. The summed E-state index contributed by atoms with van der Waals surface area (Å²) in [5, 5.41) is 16.3. The zero-order valence-corrected chi connectivity index (χ0v) is 10.1. The first-order valence-corrected chi connectivity index (χ1v) is 5.88. The molecule has 0 bridgehead atoms. The van der Waals surface area contributed by atoms with Crippen LogP contribution in [0.4, 0.5) is 5.69 Å². The predicted molar refractivity (Wildman–Crippen MR) is 71.9 cm³/mol. The molecule has 0 N–H and O–H groups in total. The Labute approximate surface area is 109 Å². The van der Waals surface area contributed by atoms with E-state index in [0.717, 1.165) is 10.9 Å². The van der Waals surface area contributed by atoms with Gasteiger partial charge in [-0.25, -0.2) is 0 Å². The lowest BCUT2D eigenvalue weighted by molar-refractivity contribution is -0.385. The zero-order valence-electron chi connectivity index (χ0n) is 10.1. The highest BCUT2D eigenvalue weighted by molar-refractivity contribution is 5.78. The summed E-state index contributed by atoms with van der Waals surface area (Å²) < 4.78 is 1.78. The van der Waals surface area contributed by atoms with Crippen molar-refractivity contribution in [1.82, 2.24) is 9.78 Å². The number of aromatic nitrogens is 2. The molecule has 19 heavy (non-hydrogen) atoms. The molecule has 5 heteroatoms. The summed E-state index contributed by atoms with van der Waals surface area (Å²) in [5.41, 5.74) is 1.75. The van der Waals surface area contributed by atoms with Crippen LogP contribution in [0.25, 0.3) is 10.9 Å². The van der Waals surface area contributed by atoms with E-state index in [0.29, 0.717) is 12.1 Å². The number of para-hydroxylation sites is 2. The topological polar surface area (TPSA) is 61.0 Å². The first-order chi connectivity index (χ1) is 9.25. The van der Waals surface area contributed by atoms with Crippen molar-refractivity contribution in [2.45, 2.75) is 6.54 Å². The summed E-state index contributed by atoms with van der Waals surface area (Å²) in [4.78, 5) is 10.6. The molecule has 0 aliphatic rings. The van der Waals surface area contributed by atoms with E-state index in [1.54, 1.807) is 29.1 Å². The maximum absolute atomic E-state index is 11.0. The third-order valence-electron chi connectivity index (χ3n) is 3.06. The van der Waals surface area contributed by atoms with E-state index < -0.39 is 0 Å². The van der Waals surface area contributed by atoms with Gasteiger partial charge in [-0.15, -0.1) is 0 Å². The van der Waals surface area contributed by atoms with Crippen molar-refractivity contribution in [3.05, 3.63) is 70.4 Å². The summed E-state index contributed by atoms with van der Waals surface area (Å²) in [6, 6.07) is 14.5. The molecule has 0 aliphatic heterocycles. The number of nitrogens with zero attached hydrogens (tertiary/aromatic N) is 3. The molecule has 0 radical (unpaired) electrons. The molecule has 3 aromatic rings. The van der Waals surface area contributed by atoms with Crippen LogP contribution in [0.5, 0.6) is 0 Å². The minimum atomic E-state index is -0.360. The van der Waals surface area contributed by atoms with E-state index in [-0.39, 0.29) is 10.6 Å². The van der Waals surface area contributed by atoms with Crippen molar-refractivity contribution in [2.24, 2.45) is 0 Å². The lowest BCUT2D eigenvalue weighted by atomic mass is 10.2. The summed E-state index contributed by atoms with van der Waals surface area (Å²) in [5.74, 6) is 0. The van der Waals surface area contributed by atoms with Crippen molar-refractivity contribution in [1.29, 1.82) is 0 Å². The van der Waals surface area contributed by atoms with Gasteiger partial charge >= 0.3 is 0 Å². The van der Waals surface area contributed by atoms with Gasteiger partial charge in [-0.2, -0.15) is 5.10 Å². The number of hydrogen-bond donors (Lipinski definition) is 0. The predicted octanol–water partition coefficient (Wildman–Crippen LogP) is 2.99. The Morgan fingerprint density at radius 1 is 1.11 bits per heavy atom. The van der Waals surface area contributed by atoms with Gasteiger partial charge in [0.1, 0.15) is 0 Å². The van der Waals surface area contributed by atoms with E-state index in [1.165, 1.54) is 6.07 Å². The molecule has 1 heterocycles. The fourth-order valence-electron chi connectivity index (χ4n) is 2.14. The van der Waals surface area contributed by atoms with Gasteiger partial charge in [0.2, 0.25) is 0 Å². The Morgan fingerprint density at radius 2 is 1.84 bits per heavy atom. The quantitative estimate of drug-likeness (QED) is 0.532. The van der Waals surface area contributed by atoms with E-state index in [1.807, 2.05) is 24.3 Å². The SMILES string of the molecule is O=[N+]([O-])c1ccccc1Cn1ncc2ccccc21. The summed E-state index contributed by atoms with van der Waals surface area (Å²) in [6.45, 7) is 0.394. The molecule has 0 fully saturated rings. The first-order valence-electron chi connectivity index (χ1n) is 5.88. The van der Waals surface area contributed by atoms with Gasteiger partial charge < -0.3 is 0 Å². The molecule has 5 nitrogen and oxygen atoms in total. The standard InChI is InChI=1S/C14H11N3O2/c18-17(19)14-8-4-2-6-12(14)10-16-13-7-3-1-5-11(13)9-15-16/h1-9H,10H2. The number of benzene rings is 2. The van der Waals surface area contributed by atoms with Crippen LogP contribution in [0.3, 0.4) is 0 Å². The minimum absolute atomic E-state index is 0.127. The third kappa shape index (κ3) is 2.06. The van der Waals surface area contributed by atoms with Crippen LogP contribution in [0.2, 0.25) is 0 Å². The normalized spacial score (nSPS) is 10.7. The number of nitro benzene ring substituents is 1. The van der Waals surface area contributed by atoms with Crippen LogP contribution in [0, 0.1) is 10.1 Å². The van der Waals surface area contributed by atoms with Crippen LogP contribution in [0.15, 0.2) is 54.7 Å². The van der Waals surface area contributed by atoms with Crippen molar-refractivity contribution in [2.75, 3.05) is 0 Å². The minimum Gasteiger partial charge on any atom is -0.260 e. The summed E-state index contributed by atoms with van der Waals surface area (Å²) >= 11 is 0. The molecular weight excluding hydrogens is 242 g/mol. The van der Waals surface area contributed by atoms with Crippen molar-refractivity contribution >= 4 is 16.6 Å². The molecule has 94 valence electrons. The van der Waals surface area contributed by atoms with Crippen molar-refractivity contribution in [3.63, 3.8) is 0 Å². The van der Waals surface area contributed by atoms with Crippen LogP contribution in [0.1, 0.15) is 5.56 Å². The molecule has 0 atom stereocenters. The van der Waals surface area contributed by atoms with E-state index in [9.17, 15) is 10.1 Å². The molecular formula is C14H11N3O2. The smallest absolute Gasteiger partial charge is 0.260 e. The van der Waals surface area contributed by atoms with Gasteiger partial charge in [0, 0.05) is 11.5 Å². The fraction of sp³-hybridized carbons (Fsp3) is 0.0714. The van der Waals surface area contributed by atoms with E-state index in [4.69, 9.17) is 0 Å². The Morgan fingerprint density at radius 3 is 2.68 bits per heavy atom. The maximum atomic E-state index is 11.0. The van der Waals surface area contributed by atoms with Crippen molar-refractivity contribution in [3.8, 4) is 0 Å². The molecule has 0 saturated carbocycles. The number of rotatable bonds is 3. The zero-order chi connectivity index (χ0) is 13.2. The molecule has 0 unspecified atom stereocenters. The monoisotopic (exact) mass is 253 g/mol. The van der Waals surface area contributed by atoms with E-state index >= 15 is 0 Å². The van der Waals surface area contributed by atoms with E-state index in [2.05, 4.69) is 5.10 Å². The van der Waals surface area contributed by atoms with Gasteiger partial charge in [0.25, 0.3) is 5.69 Å². The van der Waals surface area contributed by atoms with Crippen LogP contribution in [-0.2, 0) is 6.54 Å². The third-order valence-corrected chi connectivity index (χ3v) is 3.06. The molecule has 3 rings (SSSR count). The molecule has 0 saturated heterocycles. The summed E-state index contributed by atoms with van der Waals surface area (Å²) in [7, 11) is 0. The molecule has 2 aromatic carbocycles. The Bertz CT molecular complexity index is 749. The highest BCUT2D eigenvalue weighted by Crippen LogP contribution is 2.21. The van der Waals surface area contributed by atoms with Crippen LogP contribution >= 0.6 is 0 Å². The lowest BCUT2D eigenvalue weighted by Crippen LogP contribution is -2.04. The van der Waals surface area contributed by atoms with Gasteiger partial charge in [-0.1, -0.05) is 36.4 Å². The van der Waals surface area contributed by atoms with Gasteiger partial charge in [-0.3, -0.25) is 14.8 Å². The molecule has 0 spiro atoms. The Kier molecular flexibility index (Phi) is 2.72. The highest BCUT2D eigenvalue weighted by Gasteiger charge is 2.13. The maximum Gasteiger partial charge on any atom is 0.274 e. The van der Waals surface area contributed by atoms with Gasteiger partial charge in [-0.05, 0) is 6.07 Å². The molecule has 1 aromatic heterocycles. The number of nitro groups is 1. The van der Waals surface area contributed by atoms with Gasteiger partial charge in [0.15, 0.2) is 0 Å². The number of fused-ring (bicyclic) bond motifs is 1. The van der Waals surface area contributed by atoms with Crippen LogP contribution in [-0.4, -0.2) is 14.7 Å². The average molecular weight is 253 g/mol. The molecule has 0 aliphatic carbocycles. The Hall–Kier alpha value is -2.69. The average Bonchev–Trinajstić information content (AvgIpc) is 2.83. The second-order valence-electron chi connectivity index (χ2n) is 4.25.